The SMILES string of the molecule is C=Cc1c(C#CC)nc2c(N[C@@H]3CCN(C)C[C@@H]3F)cccn12. The average Bonchev–Trinajstić information content (AvgIpc) is 2.88. The van der Waals surface area contributed by atoms with Crippen molar-refractivity contribution in [3.05, 3.63) is 36.3 Å². The van der Waals surface area contributed by atoms with Gasteiger partial charge in [0.25, 0.3) is 0 Å². The van der Waals surface area contributed by atoms with Gasteiger partial charge in [-0.3, -0.25) is 4.40 Å². The largest absolute Gasteiger partial charge is 0.376 e. The third-order valence-corrected chi connectivity index (χ3v) is 4.21. The van der Waals surface area contributed by atoms with Gasteiger partial charge in [0.15, 0.2) is 5.65 Å². The summed E-state index contributed by atoms with van der Waals surface area (Å²) in [6.07, 6.45) is 3.55. The minimum atomic E-state index is -0.891. The highest BCUT2D eigenvalue weighted by atomic mass is 19.1. The minimum absolute atomic E-state index is 0.193. The topological polar surface area (TPSA) is 32.6 Å². The van der Waals surface area contributed by atoms with Crippen molar-refractivity contribution in [2.24, 2.45) is 0 Å². The van der Waals surface area contributed by atoms with Gasteiger partial charge in [-0.1, -0.05) is 12.5 Å². The Morgan fingerprint density at radius 2 is 2.35 bits per heavy atom. The quantitative estimate of drug-likeness (QED) is 0.885. The number of hydrogen-bond donors (Lipinski definition) is 1. The van der Waals surface area contributed by atoms with E-state index < -0.39 is 6.17 Å². The molecule has 1 N–H and O–H groups in total. The van der Waals surface area contributed by atoms with Crippen LogP contribution >= 0.6 is 0 Å². The Bertz CT molecular complexity index is 783. The van der Waals surface area contributed by atoms with Gasteiger partial charge in [-0.2, -0.15) is 0 Å². The smallest absolute Gasteiger partial charge is 0.162 e. The van der Waals surface area contributed by atoms with E-state index in [1.54, 1.807) is 13.0 Å². The number of hydrogen-bond acceptors (Lipinski definition) is 3. The third kappa shape index (κ3) is 2.95. The van der Waals surface area contributed by atoms with Crippen molar-refractivity contribution in [1.82, 2.24) is 14.3 Å². The average molecular weight is 312 g/mol. The summed E-state index contributed by atoms with van der Waals surface area (Å²) in [5.41, 5.74) is 3.14. The molecule has 0 unspecified atom stereocenters. The van der Waals surface area contributed by atoms with Gasteiger partial charge in [0, 0.05) is 19.3 Å². The maximum atomic E-state index is 14.3. The Kier molecular flexibility index (Phi) is 4.35. The standard InChI is InChI=1S/C18H21FN4/c1-4-7-15-17(5-2)23-10-6-8-16(18(23)21-15)20-14-9-11-22(3)12-13(14)19/h5-6,8,10,13-14,20H,2,9,11-12H2,1,3H3/t13-,14+/m0/s1. The molecular formula is C18H21FN4. The van der Waals surface area contributed by atoms with Gasteiger partial charge in [-0.05, 0) is 44.5 Å². The van der Waals surface area contributed by atoms with E-state index in [4.69, 9.17) is 0 Å². The monoisotopic (exact) mass is 312 g/mol. The van der Waals surface area contributed by atoms with Crippen LogP contribution in [0.15, 0.2) is 24.9 Å². The lowest BCUT2D eigenvalue weighted by Crippen LogP contribution is -2.46. The Labute approximate surface area is 136 Å². The van der Waals surface area contributed by atoms with Crippen LogP contribution in [0.4, 0.5) is 10.1 Å². The lowest BCUT2D eigenvalue weighted by molar-refractivity contribution is 0.149. The van der Waals surface area contributed by atoms with Crippen LogP contribution in [0, 0.1) is 11.8 Å². The van der Waals surface area contributed by atoms with E-state index in [0.29, 0.717) is 12.2 Å². The number of likely N-dealkylation sites (tertiary alicyclic amines) is 1. The van der Waals surface area contributed by atoms with E-state index >= 15 is 0 Å². The number of halogens is 1. The maximum absolute atomic E-state index is 14.3. The van der Waals surface area contributed by atoms with Crippen molar-refractivity contribution in [2.75, 3.05) is 25.5 Å². The van der Waals surface area contributed by atoms with E-state index in [0.717, 1.165) is 30.0 Å². The van der Waals surface area contributed by atoms with Crippen LogP contribution in [0.2, 0.25) is 0 Å². The molecule has 5 heteroatoms. The molecule has 3 rings (SSSR count). The second-order valence-electron chi connectivity index (χ2n) is 5.86. The number of nitrogens with zero attached hydrogens (tertiary/aromatic N) is 3. The van der Waals surface area contributed by atoms with Crippen molar-refractivity contribution >= 4 is 17.4 Å². The second kappa shape index (κ2) is 6.43. The molecule has 2 aromatic rings. The van der Waals surface area contributed by atoms with Crippen LogP contribution in [-0.2, 0) is 0 Å². The number of imidazole rings is 1. The second-order valence-corrected chi connectivity index (χ2v) is 5.86. The number of rotatable bonds is 3. The first-order valence-electron chi connectivity index (χ1n) is 7.79. The summed E-state index contributed by atoms with van der Waals surface area (Å²) >= 11 is 0. The lowest BCUT2D eigenvalue weighted by Gasteiger charge is -2.33. The number of alkyl halides is 1. The summed E-state index contributed by atoms with van der Waals surface area (Å²) < 4.78 is 16.2. The lowest BCUT2D eigenvalue weighted by atomic mass is 10.0. The molecule has 0 aliphatic carbocycles. The first kappa shape index (κ1) is 15.6. The van der Waals surface area contributed by atoms with Crippen molar-refractivity contribution in [1.29, 1.82) is 0 Å². The van der Waals surface area contributed by atoms with Crippen LogP contribution in [0.25, 0.3) is 11.7 Å². The molecule has 0 radical (unpaired) electrons. The zero-order valence-corrected chi connectivity index (χ0v) is 13.5. The van der Waals surface area contributed by atoms with Crippen LogP contribution in [0.3, 0.4) is 0 Å². The summed E-state index contributed by atoms with van der Waals surface area (Å²) in [4.78, 5) is 6.62. The van der Waals surface area contributed by atoms with Crippen molar-refractivity contribution in [2.45, 2.75) is 25.6 Å². The highest BCUT2D eigenvalue weighted by molar-refractivity contribution is 5.72. The predicted octanol–water partition coefficient (Wildman–Crippen LogP) is 2.80. The molecule has 1 fully saturated rings. The molecule has 120 valence electrons. The number of anilines is 1. The molecule has 0 aromatic carbocycles. The first-order chi connectivity index (χ1) is 11.1. The Morgan fingerprint density at radius 1 is 1.52 bits per heavy atom. The molecule has 1 aliphatic rings. The van der Waals surface area contributed by atoms with Gasteiger partial charge in [0.1, 0.15) is 11.9 Å². The number of pyridine rings is 1. The van der Waals surface area contributed by atoms with Crippen molar-refractivity contribution in [3.63, 3.8) is 0 Å². The van der Waals surface area contributed by atoms with E-state index in [-0.39, 0.29) is 6.04 Å². The molecule has 0 bridgehead atoms. The first-order valence-corrected chi connectivity index (χ1v) is 7.79. The molecule has 4 nitrogen and oxygen atoms in total. The van der Waals surface area contributed by atoms with Crippen LogP contribution in [0.1, 0.15) is 24.7 Å². The molecule has 1 aliphatic heterocycles. The summed E-state index contributed by atoms with van der Waals surface area (Å²) in [5.74, 6) is 5.87. The van der Waals surface area contributed by atoms with Crippen molar-refractivity contribution < 1.29 is 4.39 Å². The summed E-state index contributed by atoms with van der Waals surface area (Å²) in [6.45, 7) is 6.97. The zero-order chi connectivity index (χ0) is 16.4. The van der Waals surface area contributed by atoms with E-state index in [2.05, 4.69) is 28.7 Å². The number of piperidine rings is 1. The van der Waals surface area contributed by atoms with Crippen molar-refractivity contribution in [3.8, 4) is 11.8 Å². The number of nitrogens with one attached hydrogen (secondary N) is 1. The molecular weight excluding hydrogens is 291 g/mol. The molecule has 1 saturated heterocycles. The molecule has 0 amide bonds. The fourth-order valence-electron chi connectivity index (χ4n) is 3.02. The predicted molar refractivity (Wildman–Crippen MR) is 92.3 cm³/mol. The molecule has 0 saturated carbocycles. The highest BCUT2D eigenvalue weighted by Gasteiger charge is 2.28. The van der Waals surface area contributed by atoms with Crippen LogP contribution in [0.5, 0.6) is 0 Å². The Morgan fingerprint density at radius 3 is 3.04 bits per heavy atom. The minimum Gasteiger partial charge on any atom is -0.376 e. The Balaban J connectivity index is 1.98. The highest BCUT2D eigenvalue weighted by Crippen LogP contribution is 2.24. The number of aromatic nitrogens is 2. The molecule has 2 atom stereocenters. The van der Waals surface area contributed by atoms with Crippen LogP contribution in [-0.4, -0.2) is 46.6 Å². The molecule has 3 heterocycles. The van der Waals surface area contributed by atoms with Gasteiger partial charge in [-0.15, -0.1) is 0 Å². The maximum Gasteiger partial charge on any atom is 0.162 e. The van der Waals surface area contributed by atoms with Gasteiger partial charge in [0.05, 0.1) is 17.4 Å². The summed E-state index contributed by atoms with van der Waals surface area (Å²) in [5, 5.41) is 3.33. The Hall–Kier alpha value is -2.32. The van der Waals surface area contributed by atoms with Gasteiger partial charge in [0.2, 0.25) is 0 Å². The normalized spacial score (nSPS) is 21.7. The third-order valence-electron chi connectivity index (χ3n) is 4.21. The van der Waals surface area contributed by atoms with Gasteiger partial charge >= 0.3 is 0 Å². The van der Waals surface area contributed by atoms with E-state index in [1.807, 2.05) is 34.7 Å². The fourth-order valence-corrected chi connectivity index (χ4v) is 3.02. The summed E-state index contributed by atoms with van der Waals surface area (Å²) in [7, 11) is 1.95. The summed E-state index contributed by atoms with van der Waals surface area (Å²) in [6, 6.07) is 3.67. The molecule has 23 heavy (non-hydrogen) atoms. The zero-order valence-electron chi connectivity index (χ0n) is 13.5. The van der Waals surface area contributed by atoms with Gasteiger partial charge in [-0.25, -0.2) is 9.37 Å². The van der Waals surface area contributed by atoms with E-state index in [1.165, 1.54) is 0 Å². The molecule has 0 spiro atoms. The fraction of sp³-hybridized carbons (Fsp3) is 0.389. The number of fused-ring (bicyclic) bond motifs is 1. The van der Waals surface area contributed by atoms with Gasteiger partial charge < -0.3 is 10.2 Å². The molecule has 2 aromatic heterocycles. The van der Waals surface area contributed by atoms with Crippen LogP contribution < -0.4 is 5.32 Å². The van der Waals surface area contributed by atoms with E-state index in [9.17, 15) is 4.39 Å².